The van der Waals surface area contributed by atoms with Crippen molar-refractivity contribution in [3.8, 4) is 6.07 Å². The molecule has 0 heterocycles. The third-order valence-electron chi connectivity index (χ3n) is 2.67. The predicted molar refractivity (Wildman–Crippen MR) is 79.2 cm³/mol. The van der Waals surface area contributed by atoms with Gasteiger partial charge in [0.15, 0.2) is 0 Å². The van der Waals surface area contributed by atoms with Crippen LogP contribution in [0.5, 0.6) is 0 Å². The maximum atomic E-state index is 8.76. The zero-order valence-corrected chi connectivity index (χ0v) is 11.8. The maximum Gasteiger partial charge on any atom is 0.0641 e. The fraction of sp³-hybridized carbons (Fsp3) is 0.133. The van der Waals surface area contributed by atoms with Gasteiger partial charge < -0.3 is 5.73 Å². The van der Waals surface area contributed by atoms with E-state index < -0.39 is 0 Å². The van der Waals surface area contributed by atoms with Gasteiger partial charge in [0.2, 0.25) is 0 Å². The predicted octanol–water partition coefficient (Wildman–Crippen LogP) is 4.40. The van der Waals surface area contributed by atoms with Gasteiger partial charge in [0.05, 0.1) is 12.5 Å². The minimum absolute atomic E-state index is 0.249. The van der Waals surface area contributed by atoms with Gasteiger partial charge in [0, 0.05) is 20.9 Å². The summed E-state index contributed by atoms with van der Waals surface area (Å²) in [5.41, 5.74) is 7.03. The van der Waals surface area contributed by atoms with Crippen LogP contribution in [0.3, 0.4) is 0 Å². The molecule has 0 bridgehead atoms. The van der Waals surface area contributed by atoms with E-state index in [9.17, 15) is 0 Å². The van der Waals surface area contributed by atoms with Gasteiger partial charge in [-0.2, -0.15) is 5.26 Å². The number of nitrogens with zero attached hydrogens (tertiary/aromatic N) is 1. The van der Waals surface area contributed by atoms with Crippen molar-refractivity contribution in [1.82, 2.24) is 0 Å². The Labute approximate surface area is 122 Å². The molecule has 2 N–H and O–H groups in total. The molecule has 0 amide bonds. The molecule has 2 aromatic rings. The summed E-state index contributed by atoms with van der Waals surface area (Å²) in [6, 6.07) is 17.4. The van der Waals surface area contributed by atoms with E-state index in [4.69, 9.17) is 22.6 Å². The number of rotatable bonds is 4. The van der Waals surface area contributed by atoms with Gasteiger partial charge in [-0.05, 0) is 35.9 Å². The first kappa shape index (κ1) is 14.0. The van der Waals surface area contributed by atoms with Crippen molar-refractivity contribution >= 4 is 23.4 Å². The third-order valence-corrected chi connectivity index (χ3v) is 4.02. The van der Waals surface area contributed by atoms with Crippen molar-refractivity contribution in [2.45, 2.75) is 22.3 Å². The number of hydrogen-bond acceptors (Lipinski definition) is 3. The number of halogens is 1. The van der Waals surface area contributed by atoms with E-state index in [2.05, 4.69) is 6.07 Å². The van der Waals surface area contributed by atoms with Gasteiger partial charge in [-0.15, -0.1) is 0 Å². The van der Waals surface area contributed by atoms with Gasteiger partial charge in [-0.25, -0.2) is 0 Å². The molecule has 0 saturated carbocycles. The molecule has 0 fully saturated rings. The Morgan fingerprint density at radius 3 is 2.53 bits per heavy atom. The van der Waals surface area contributed by atoms with E-state index in [0.29, 0.717) is 6.42 Å². The first-order valence-electron chi connectivity index (χ1n) is 5.85. The van der Waals surface area contributed by atoms with Gasteiger partial charge in [0.1, 0.15) is 0 Å². The molecule has 19 heavy (non-hydrogen) atoms. The van der Waals surface area contributed by atoms with Crippen LogP contribution in [0, 0.1) is 11.3 Å². The van der Waals surface area contributed by atoms with Crippen LogP contribution < -0.4 is 5.73 Å². The smallest absolute Gasteiger partial charge is 0.0641 e. The number of hydrogen-bond donors (Lipinski definition) is 1. The molecule has 0 aliphatic carbocycles. The standard InChI is InChI=1S/C15H13ClN2S/c16-11-5-7-12(8-6-11)19-15-4-2-1-3-13(15)14(18)9-10-17/h1-8,14H,9,18H2/t14-/m1/s1. The highest BCUT2D eigenvalue weighted by molar-refractivity contribution is 7.99. The molecule has 0 aromatic heterocycles. The second-order valence-corrected chi connectivity index (χ2v) is 5.61. The molecule has 0 spiro atoms. The molecular formula is C15H13ClN2S. The number of benzene rings is 2. The van der Waals surface area contributed by atoms with Crippen molar-refractivity contribution in [2.75, 3.05) is 0 Å². The lowest BCUT2D eigenvalue weighted by Crippen LogP contribution is -2.10. The van der Waals surface area contributed by atoms with Crippen molar-refractivity contribution in [1.29, 1.82) is 5.26 Å². The van der Waals surface area contributed by atoms with Crippen molar-refractivity contribution in [2.24, 2.45) is 5.73 Å². The van der Waals surface area contributed by atoms with E-state index in [1.807, 2.05) is 48.5 Å². The third kappa shape index (κ3) is 3.74. The molecule has 2 rings (SSSR count). The van der Waals surface area contributed by atoms with Crippen molar-refractivity contribution in [3.05, 3.63) is 59.1 Å². The Balaban J connectivity index is 2.25. The van der Waals surface area contributed by atoms with Crippen LogP contribution in [0.4, 0.5) is 0 Å². The molecule has 1 atom stereocenters. The summed E-state index contributed by atoms with van der Waals surface area (Å²) in [7, 11) is 0. The van der Waals surface area contributed by atoms with Gasteiger partial charge >= 0.3 is 0 Å². The average Bonchev–Trinajstić information content (AvgIpc) is 2.42. The molecular weight excluding hydrogens is 276 g/mol. The Hall–Kier alpha value is -1.47. The van der Waals surface area contributed by atoms with Crippen LogP contribution in [0.2, 0.25) is 5.02 Å². The van der Waals surface area contributed by atoms with Gasteiger partial charge in [-0.1, -0.05) is 41.6 Å². The number of nitriles is 1. The van der Waals surface area contributed by atoms with E-state index in [1.165, 1.54) is 0 Å². The summed E-state index contributed by atoms with van der Waals surface area (Å²) in [6.07, 6.45) is 0.318. The largest absolute Gasteiger partial charge is 0.323 e. The highest BCUT2D eigenvalue weighted by atomic mass is 35.5. The molecule has 0 aliphatic heterocycles. The zero-order chi connectivity index (χ0) is 13.7. The molecule has 0 saturated heterocycles. The molecule has 2 aromatic carbocycles. The Morgan fingerprint density at radius 1 is 1.16 bits per heavy atom. The average molecular weight is 289 g/mol. The minimum Gasteiger partial charge on any atom is -0.323 e. The first-order valence-corrected chi connectivity index (χ1v) is 7.05. The maximum absolute atomic E-state index is 8.76. The summed E-state index contributed by atoms with van der Waals surface area (Å²) in [5.74, 6) is 0. The summed E-state index contributed by atoms with van der Waals surface area (Å²) >= 11 is 7.50. The topological polar surface area (TPSA) is 49.8 Å². The lowest BCUT2D eigenvalue weighted by molar-refractivity contribution is 0.732. The molecule has 4 heteroatoms. The second kappa shape index (κ2) is 6.63. The van der Waals surface area contributed by atoms with E-state index >= 15 is 0 Å². The fourth-order valence-corrected chi connectivity index (χ4v) is 2.85. The van der Waals surface area contributed by atoms with Crippen LogP contribution in [-0.2, 0) is 0 Å². The van der Waals surface area contributed by atoms with Crippen molar-refractivity contribution < 1.29 is 0 Å². The monoisotopic (exact) mass is 288 g/mol. The van der Waals surface area contributed by atoms with Gasteiger partial charge in [0.25, 0.3) is 0 Å². The molecule has 96 valence electrons. The molecule has 2 nitrogen and oxygen atoms in total. The SMILES string of the molecule is N#CC[C@@H](N)c1ccccc1Sc1ccc(Cl)cc1. The molecule has 0 unspecified atom stereocenters. The number of nitrogens with two attached hydrogens (primary N) is 1. The van der Waals surface area contributed by atoms with E-state index in [0.717, 1.165) is 20.4 Å². The summed E-state index contributed by atoms with van der Waals surface area (Å²) in [6.45, 7) is 0. The summed E-state index contributed by atoms with van der Waals surface area (Å²) < 4.78 is 0. The lowest BCUT2D eigenvalue weighted by Gasteiger charge is -2.13. The summed E-state index contributed by atoms with van der Waals surface area (Å²) in [5, 5.41) is 9.48. The van der Waals surface area contributed by atoms with Crippen LogP contribution in [0.1, 0.15) is 18.0 Å². The van der Waals surface area contributed by atoms with Crippen LogP contribution in [0.15, 0.2) is 58.3 Å². The Morgan fingerprint density at radius 2 is 1.84 bits per heavy atom. The molecule has 0 aliphatic rings. The highest BCUT2D eigenvalue weighted by Crippen LogP contribution is 2.33. The second-order valence-electron chi connectivity index (χ2n) is 4.06. The first-order chi connectivity index (χ1) is 9.20. The van der Waals surface area contributed by atoms with Crippen molar-refractivity contribution in [3.63, 3.8) is 0 Å². The van der Waals surface area contributed by atoms with E-state index in [1.54, 1.807) is 11.8 Å². The lowest BCUT2D eigenvalue weighted by atomic mass is 10.1. The van der Waals surface area contributed by atoms with Gasteiger partial charge in [-0.3, -0.25) is 0 Å². The quantitative estimate of drug-likeness (QED) is 0.907. The summed E-state index contributed by atoms with van der Waals surface area (Å²) in [4.78, 5) is 2.17. The zero-order valence-electron chi connectivity index (χ0n) is 10.2. The van der Waals surface area contributed by atoms with Crippen LogP contribution >= 0.6 is 23.4 Å². The Bertz CT molecular complexity index is 590. The highest BCUT2D eigenvalue weighted by Gasteiger charge is 2.11. The normalized spacial score (nSPS) is 11.8. The van der Waals surface area contributed by atoms with Crippen LogP contribution in [0.25, 0.3) is 0 Å². The fourth-order valence-electron chi connectivity index (χ4n) is 1.72. The van der Waals surface area contributed by atoms with E-state index in [-0.39, 0.29) is 6.04 Å². The molecule has 0 radical (unpaired) electrons. The minimum atomic E-state index is -0.249. The van der Waals surface area contributed by atoms with Crippen LogP contribution in [-0.4, -0.2) is 0 Å². The Kier molecular flexibility index (Phi) is 4.86.